The third kappa shape index (κ3) is 6.76. The Bertz CT molecular complexity index is 1730. The monoisotopic (exact) mass is 601 g/mol. The van der Waals surface area contributed by atoms with Crippen molar-refractivity contribution in [2.24, 2.45) is 0 Å². The lowest BCUT2D eigenvalue weighted by Gasteiger charge is -2.12. The number of imidazole rings is 1. The molecule has 0 fully saturated rings. The van der Waals surface area contributed by atoms with Crippen LogP contribution in [0.3, 0.4) is 0 Å². The minimum atomic E-state index is -0.873. The number of carbonyl (C=O) groups is 1. The van der Waals surface area contributed by atoms with Crippen molar-refractivity contribution in [1.82, 2.24) is 29.8 Å². The van der Waals surface area contributed by atoms with Gasteiger partial charge in [0.2, 0.25) is 5.82 Å². The number of rotatable bonds is 12. The zero-order valence-electron chi connectivity index (χ0n) is 23.3. The first kappa shape index (κ1) is 29.5. The Morgan fingerprint density at radius 2 is 1.72 bits per heavy atom. The highest BCUT2D eigenvalue weighted by molar-refractivity contribution is 6.30. The van der Waals surface area contributed by atoms with E-state index in [-0.39, 0.29) is 19.0 Å². The minimum absolute atomic E-state index is 0.191. The number of tetrazole rings is 1. The van der Waals surface area contributed by atoms with E-state index in [1.54, 1.807) is 12.1 Å². The molecule has 0 saturated carbocycles. The summed E-state index contributed by atoms with van der Waals surface area (Å²) in [5.41, 5.74) is 4.94. The molecule has 12 nitrogen and oxygen atoms in total. The van der Waals surface area contributed by atoms with E-state index >= 15 is 0 Å². The molecular formula is C30H28ClN7O5. The Kier molecular flexibility index (Phi) is 9.18. The summed E-state index contributed by atoms with van der Waals surface area (Å²) in [5.74, 6) is 0.640. The summed E-state index contributed by atoms with van der Waals surface area (Å²) in [4.78, 5) is 33.1. The molecule has 3 aromatic carbocycles. The van der Waals surface area contributed by atoms with Crippen LogP contribution in [0, 0.1) is 10.1 Å². The predicted octanol–water partition coefficient (Wildman–Crippen LogP) is 5.14. The molecule has 220 valence electrons. The molecule has 0 unspecified atom stereocenters. The van der Waals surface area contributed by atoms with E-state index < -0.39 is 11.0 Å². The Morgan fingerprint density at radius 3 is 2.40 bits per heavy atom. The largest absolute Gasteiger partial charge is 0.390 e. The van der Waals surface area contributed by atoms with E-state index in [1.165, 1.54) is 12.1 Å². The minimum Gasteiger partial charge on any atom is -0.390 e. The van der Waals surface area contributed by atoms with Crippen molar-refractivity contribution in [2.45, 2.75) is 45.9 Å². The van der Waals surface area contributed by atoms with Crippen molar-refractivity contribution in [3.8, 4) is 22.5 Å². The van der Waals surface area contributed by atoms with Crippen molar-refractivity contribution in [3.63, 3.8) is 0 Å². The van der Waals surface area contributed by atoms with Crippen LogP contribution in [0.15, 0.2) is 72.8 Å². The summed E-state index contributed by atoms with van der Waals surface area (Å²) >= 11 is 6.30. The van der Waals surface area contributed by atoms with E-state index in [4.69, 9.17) is 11.6 Å². The van der Waals surface area contributed by atoms with E-state index in [1.807, 2.05) is 53.1 Å². The lowest BCUT2D eigenvalue weighted by Crippen LogP contribution is -2.15. The molecule has 2 aromatic heterocycles. The average Bonchev–Trinajstić information content (AvgIpc) is 3.63. The molecule has 0 atom stereocenters. The second-order valence-corrected chi connectivity index (χ2v) is 10.1. The summed E-state index contributed by atoms with van der Waals surface area (Å²) in [6.45, 7) is 2.24. The maximum Gasteiger partial charge on any atom is 0.297 e. The van der Waals surface area contributed by atoms with Gasteiger partial charge in [-0.05, 0) is 46.0 Å². The number of hydrogen-bond acceptors (Lipinski definition) is 9. The summed E-state index contributed by atoms with van der Waals surface area (Å²) in [6, 6.07) is 21.8. The van der Waals surface area contributed by atoms with Crippen molar-refractivity contribution < 1.29 is 19.8 Å². The third-order valence-electron chi connectivity index (χ3n) is 6.91. The first-order valence-electron chi connectivity index (χ1n) is 13.6. The van der Waals surface area contributed by atoms with Gasteiger partial charge in [-0.25, -0.2) is 4.98 Å². The molecule has 1 N–H and O–H groups in total. The Balaban J connectivity index is 1.35. The first-order valence-corrected chi connectivity index (χ1v) is 14.0. The number of unbranched alkanes of at least 4 members (excludes halogenated alkanes) is 1. The number of carbonyl (C=O) groups excluding carboxylic acids is 1. The summed E-state index contributed by atoms with van der Waals surface area (Å²) in [5, 5.41) is 32.2. The fourth-order valence-corrected chi connectivity index (χ4v) is 4.92. The van der Waals surface area contributed by atoms with Crippen molar-refractivity contribution in [1.29, 1.82) is 0 Å². The van der Waals surface area contributed by atoms with Crippen LogP contribution >= 0.6 is 11.6 Å². The van der Waals surface area contributed by atoms with Crippen LogP contribution in [0.5, 0.6) is 0 Å². The quantitative estimate of drug-likeness (QED) is 0.151. The van der Waals surface area contributed by atoms with Gasteiger partial charge in [-0.2, -0.15) is 0 Å². The third-order valence-corrected chi connectivity index (χ3v) is 7.22. The van der Waals surface area contributed by atoms with E-state index in [0.717, 1.165) is 46.6 Å². The maximum atomic E-state index is 13.0. The molecule has 0 aliphatic heterocycles. The maximum absolute atomic E-state index is 13.0. The SMILES string of the molecule is CCCCc1nc(Cl)c(CO)n1Cc1ccc(-c2ccccc2-c2nnn(C(=O)c3ccc(CO[N+](=O)[O-])cc3)n2)cc1. The first-order chi connectivity index (χ1) is 20.9. The second kappa shape index (κ2) is 13.4. The van der Waals surface area contributed by atoms with E-state index in [2.05, 4.69) is 32.2 Å². The standard InChI is InChI=1S/C30H28ClN7O5/c1-2-3-8-27-32-28(31)26(18-39)36(27)17-20-9-13-22(14-10-20)24-6-4-5-7-25(24)29-33-35-37(34-29)30(40)23-15-11-21(12-16-23)19-43-38(41)42/h4-7,9-16,39H,2-3,8,17-19H2,1H3. The smallest absolute Gasteiger partial charge is 0.297 e. The van der Waals surface area contributed by atoms with Crippen LogP contribution in [0.2, 0.25) is 5.15 Å². The summed E-state index contributed by atoms with van der Waals surface area (Å²) < 4.78 is 1.98. The van der Waals surface area contributed by atoms with Crippen LogP contribution in [0.25, 0.3) is 22.5 Å². The topological polar surface area (TPSA) is 151 Å². The average molecular weight is 602 g/mol. The van der Waals surface area contributed by atoms with Crippen molar-refractivity contribution in [3.05, 3.63) is 116 Å². The van der Waals surface area contributed by atoms with Gasteiger partial charge in [-0.15, -0.1) is 20.3 Å². The molecule has 0 radical (unpaired) electrons. The molecule has 0 amide bonds. The molecular weight excluding hydrogens is 574 g/mol. The van der Waals surface area contributed by atoms with Crippen LogP contribution in [-0.4, -0.2) is 45.9 Å². The zero-order chi connectivity index (χ0) is 30.3. The van der Waals surface area contributed by atoms with Gasteiger partial charge in [0.25, 0.3) is 11.0 Å². The number of halogens is 1. The Labute approximate surface area is 251 Å². The molecule has 2 heterocycles. The molecule has 0 spiro atoms. The fourth-order valence-electron chi connectivity index (χ4n) is 4.66. The number of hydrogen-bond donors (Lipinski definition) is 1. The van der Waals surface area contributed by atoms with Gasteiger partial charge in [0, 0.05) is 24.1 Å². The van der Waals surface area contributed by atoms with Crippen LogP contribution in [0.4, 0.5) is 0 Å². The van der Waals surface area contributed by atoms with E-state index in [9.17, 15) is 20.0 Å². The van der Waals surface area contributed by atoms with Gasteiger partial charge in [-0.3, -0.25) is 4.79 Å². The molecule has 0 bridgehead atoms. The van der Waals surface area contributed by atoms with Crippen LogP contribution < -0.4 is 0 Å². The van der Waals surface area contributed by atoms with Crippen molar-refractivity contribution >= 4 is 17.5 Å². The molecule has 13 heteroatoms. The van der Waals surface area contributed by atoms with Crippen molar-refractivity contribution in [2.75, 3.05) is 0 Å². The van der Waals surface area contributed by atoms with Gasteiger partial charge in [-0.1, -0.05) is 90.4 Å². The Morgan fingerprint density at radius 1 is 1.02 bits per heavy atom. The lowest BCUT2D eigenvalue weighted by atomic mass is 9.98. The second-order valence-electron chi connectivity index (χ2n) is 9.76. The summed E-state index contributed by atoms with van der Waals surface area (Å²) in [7, 11) is 0. The highest BCUT2D eigenvalue weighted by Gasteiger charge is 2.18. The highest BCUT2D eigenvalue weighted by atomic mass is 35.5. The number of aliphatic hydroxyl groups excluding tert-OH is 1. The molecule has 5 rings (SSSR count). The molecule has 0 aliphatic rings. The van der Waals surface area contributed by atoms with Crippen LogP contribution in [-0.2, 0) is 31.0 Å². The number of nitrogens with zero attached hydrogens (tertiary/aromatic N) is 7. The molecule has 5 aromatic rings. The lowest BCUT2D eigenvalue weighted by molar-refractivity contribution is -0.763. The molecule has 0 aliphatic carbocycles. The summed E-state index contributed by atoms with van der Waals surface area (Å²) in [6.07, 6.45) is 2.79. The molecule has 43 heavy (non-hydrogen) atoms. The Hall–Kier alpha value is -4.94. The number of aliphatic hydroxyl groups is 1. The molecule has 0 saturated heterocycles. The van der Waals surface area contributed by atoms with Gasteiger partial charge < -0.3 is 14.5 Å². The van der Waals surface area contributed by atoms with Crippen LogP contribution in [0.1, 0.15) is 52.8 Å². The van der Waals surface area contributed by atoms with Gasteiger partial charge in [0.1, 0.15) is 12.4 Å². The number of aromatic nitrogens is 6. The van der Waals surface area contributed by atoms with E-state index in [0.29, 0.717) is 34.1 Å². The number of aryl methyl sites for hydroxylation is 1. The van der Waals surface area contributed by atoms with Gasteiger partial charge >= 0.3 is 0 Å². The zero-order valence-corrected chi connectivity index (χ0v) is 24.0. The van der Waals surface area contributed by atoms with Gasteiger partial charge in [0.05, 0.1) is 12.3 Å². The van der Waals surface area contributed by atoms with Gasteiger partial charge in [0.15, 0.2) is 5.15 Å². The fraction of sp³-hybridized carbons (Fsp3) is 0.233. The number of benzene rings is 3. The normalized spacial score (nSPS) is 11.0. The highest BCUT2D eigenvalue weighted by Crippen LogP contribution is 2.30. The predicted molar refractivity (Wildman–Crippen MR) is 158 cm³/mol.